The van der Waals surface area contributed by atoms with Crippen molar-refractivity contribution in [1.29, 1.82) is 0 Å². The minimum Gasteiger partial charge on any atom is -0.490 e. The van der Waals surface area contributed by atoms with E-state index in [1.165, 1.54) is 11.1 Å². The van der Waals surface area contributed by atoms with Gasteiger partial charge in [0, 0.05) is 17.8 Å². The lowest BCUT2D eigenvalue weighted by molar-refractivity contribution is 0.269. The number of halogens is 1. The number of rotatable bonds is 5. The molecule has 3 rings (SSSR count). The Hall–Kier alpha value is -2.00. The van der Waals surface area contributed by atoms with Crippen molar-refractivity contribution in [2.24, 2.45) is 4.99 Å². The highest BCUT2D eigenvalue weighted by Gasteiger charge is 2.16. The first-order valence-corrected chi connectivity index (χ1v) is 7.76. The van der Waals surface area contributed by atoms with Gasteiger partial charge in [0.2, 0.25) is 0 Å². The molecule has 0 amide bonds. The predicted molar refractivity (Wildman–Crippen MR) is 96.4 cm³/mol. The predicted octanol–water partition coefficient (Wildman–Crippen LogP) is 4.45. The molecule has 0 unspecified atom stereocenters. The van der Waals surface area contributed by atoms with Crippen LogP contribution in [0.15, 0.2) is 47.5 Å². The molecule has 0 atom stereocenters. The van der Waals surface area contributed by atoms with Crippen LogP contribution in [0.1, 0.15) is 30.5 Å². The minimum absolute atomic E-state index is 0. The van der Waals surface area contributed by atoms with E-state index in [1.54, 1.807) is 0 Å². The van der Waals surface area contributed by atoms with Crippen molar-refractivity contribution in [3.8, 4) is 11.5 Å². The number of aliphatic imine (C=N–C) groups is 1. The maximum atomic E-state index is 6.01. The van der Waals surface area contributed by atoms with Crippen molar-refractivity contribution < 1.29 is 9.47 Å². The van der Waals surface area contributed by atoms with E-state index in [-0.39, 0.29) is 12.4 Å². The molecule has 0 N–H and O–H groups in total. The van der Waals surface area contributed by atoms with E-state index in [0.29, 0.717) is 13.2 Å². The normalized spacial score (nSPS) is 12.7. The summed E-state index contributed by atoms with van der Waals surface area (Å²) in [7, 11) is 0. The van der Waals surface area contributed by atoms with Crippen LogP contribution >= 0.6 is 12.4 Å². The van der Waals surface area contributed by atoms with E-state index < -0.39 is 0 Å². The van der Waals surface area contributed by atoms with Crippen molar-refractivity contribution in [2.45, 2.75) is 26.9 Å². The smallest absolute Gasteiger partial charge is 0.162 e. The first-order valence-electron chi connectivity index (χ1n) is 7.76. The first-order chi connectivity index (χ1) is 10.8. The molecule has 0 saturated carbocycles. The Labute approximate surface area is 143 Å². The molecule has 0 aliphatic carbocycles. The monoisotopic (exact) mass is 331 g/mol. The summed E-state index contributed by atoms with van der Waals surface area (Å²) in [4.78, 5) is 4.53. The lowest BCUT2D eigenvalue weighted by Gasteiger charge is -2.19. The molecule has 0 aromatic heterocycles. The van der Waals surface area contributed by atoms with Gasteiger partial charge >= 0.3 is 0 Å². The molecule has 0 bridgehead atoms. The first kappa shape index (κ1) is 17.4. The number of benzene rings is 2. The molecule has 122 valence electrons. The summed E-state index contributed by atoms with van der Waals surface area (Å²) in [6.07, 6.45) is 0.964. The molecule has 2 aromatic rings. The summed E-state index contributed by atoms with van der Waals surface area (Å²) in [6.45, 7) is 6.07. The molecule has 0 saturated heterocycles. The highest BCUT2D eigenvalue weighted by molar-refractivity contribution is 6.01. The second-order valence-corrected chi connectivity index (χ2v) is 5.38. The van der Waals surface area contributed by atoms with Crippen molar-refractivity contribution in [3.63, 3.8) is 0 Å². The fourth-order valence-electron chi connectivity index (χ4n) is 2.69. The topological polar surface area (TPSA) is 30.8 Å². The number of hydrogen-bond donors (Lipinski definition) is 0. The Balaban J connectivity index is 0.00000192. The van der Waals surface area contributed by atoms with Gasteiger partial charge in [0.25, 0.3) is 0 Å². The Morgan fingerprint density at radius 1 is 1.04 bits per heavy atom. The van der Waals surface area contributed by atoms with Crippen LogP contribution < -0.4 is 9.47 Å². The van der Waals surface area contributed by atoms with Crippen LogP contribution in [-0.4, -0.2) is 18.9 Å². The lowest BCUT2D eigenvalue weighted by atomic mass is 9.97. The maximum Gasteiger partial charge on any atom is 0.162 e. The average molecular weight is 332 g/mol. The molecule has 2 aromatic carbocycles. The van der Waals surface area contributed by atoms with Gasteiger partial charge < -0.3 is 9.47 Å². The Kier molecular flexibility index (Phi) is 6.05. The maximum absolute atomic E-state index is 6.01. The number of ether oxygens (including phenoxy) is 2. The fourth-order valence-corrected chi connectivity index (χ4v) is 2.69. The highest BCUT2D eigenvalue weighted by Crippen LogP contribution is 2.33. The third kappa shape index (κ3) is 4.05. The van der Waals surface area contributed by atoms with Gasteiger partial charge in [-0.15, -0.1) is 12.4 Å². The van der Waals surface area contributed by atoms with Gasteiger partial charge in [-0.2, -0.15) is 0 Å². The molecule has 1 aliphatic rings. The molecule has 3 nitrogen and oxygen atoms in total. The Morgan fingerprint density at radius 3 is 2.52 bits per heavy atom. The lowest BCUT2D eigenvalue weighted by Crippen LogP contribution is -2.11. The largest absolute Gasteiger partial charge is 0.490 e. The second-order valence-electron chi connectivity index (χ2n) is 5.38. The van der Waals surface area contributed by atoms with Gasteiger partial charge in [-0.3, -0.25) is 4.99 Å². The van der Waals surface area contributed by atoms with Gasteiger partial charge in [-0.25, -0.2) is 0 Å². The molecule has 4 heteroatoms. The molecular weight excluding hydrogens is 310 g/mol. The highest BCUT2D eigenvalue weighted by atomic mass is 35.5. The summed E-state index contributed by atoms with van der Waals surface area (Å²) in [5.41, 5.74) is 4.70. The van der Waals surface area contributed by atoms with Gasteiger partial charge in [-0.1, -0.05) is 30.3 Å². The molecule has 23 heavy (non-hydrogen) atoms. The summed E-state index contributed by atoms with van der Waals surface area (Å²) in [6, 6.07) is 14.3. The van der Waals surface area contributed by atoms with Crippen LogP contribution in [0, 0.1) is 0 Å². The van der Waals surface area contributed by atoms with E-state index in [4.69, 9.17) is 9.47 Å². The zero-order chi connectivity index (χ0) is 15.4. The van der Waals surface area contributed by atoms with E-state index in [0.717, 1.165) is 35.7 Å². The summed E-state index contributed by atoms with van der Waals surface area (Å²) in [5.74, 6) is 1.62. The van der Waals surface area contributed by atoms with Crippen LogP contribution in [-0.2, 0) is 13.0 Å². The van der Waals surface area contributed by atoms with Crippen molar-refractivity contribution in [1.82, 2.24) is 0 Å². The van der Waals surface area contributed by atoms with Crippen LogP contribution in [0.5, 0.6) is 11.5 Å². The SMILES string of the molecule is CCOc1cc2c(cc1OCc1ccccc1)C(C)=NCC2.Cl. The van der Waals surface area contributed by atoms with Crippen LogP contribution in [0.4, 0.5) is 0 Å². The average Bonchev–Trinajstić information content (AvgIpc) is 2.55. The van der Waals surface area contributed by atoms with Crippen molar-refractivity contribution in [3.05, 3.63) is 59.2 Å². The molecular formula is C19H22ClNO2. The van der Waals surface area contributed by atoms with E-state index in [9.17, 15) is 0 Å². The fraction of sp³-hybridized carbons (Fsp3) is 0.316. The van der Waals surface area contributed by atoms with E-state index in [1.807, 2.05) is 25.1 Å². The van der Waals surface area contributed by atoms with Crippen LogP contribution in [0.3, 0.4) is 0 Å². The molecule has 1 aliphatic heterocycles. The van der Waals surface area contributed by atoms with Crippen molar-refractivity contribution in [2.75, 3.05) is 13.2 Å². The Bertz CT molecular complexity index is 683. The Morgan fingerprint density at radius 2 is 1.78 bits per heavy atom. The summed E-state index contributed by atoms with van der Waals surface area (Å²) >= 11 is 0. The van der Waals surface area contributed by atoms with Gasteiger partial charge in [0.15, 0.2) is 11.5 Å². The zero-order valence-corrected chi connectivity index (χ0v) is 14.4. The standard InChI is InChI=1S/C19H21NO2.ClH/c1-3-21-18-11-16-9-10-20-14(2)17(16)12-19(18)22-13-15-7-5-4-6-8-15;/h4-8,11-12H,3,9-10,13H2,1-2H3;1H. The second kappa shape index (κ2) is 8.02. The molecule has 0 fully saturated rings. The van der Waals surface area contributed by atoms with Crippen molar-refractivity contribution >= 4 is 18.1 Å². The molecule has 0 spiro atoms. The quantitative estimate of drug-likeness (QED) is 0.810. The molecule has 1 heterocycles. The van der Waals surface area contributed by atoms with E-state index >= 15 is 0 Å². The van der Waals surface area contributed by atoms with Gasteiger partial charge in [0.05, 0.1) is 6.61 Å². The van der Waals surface area contributed by atoms with E-state index in [2.05, 4.69) is 36.2 Å². The minimum atomic E-state index is 0. The third-order valence-electron chi connectivity index (χ3n) is 3.83. The summed E-state index contributed by atoms with van der Waals surface area (Å²) in [5, 5.41) is 0. The zero-order valence-electron chi connectivity index (χ0n) is 13.5. The number of nitrogens with zero attached hydrogens (tertiary/aromatic N) is 1. The number of fused-ring (bicyclic) bond motifs is 1. The molecule has 0 radical (unpaired) electrons. The van der Waals surface area contributed by atoms with Gasteiger partial charge in [-0.05, 0) is 43.5 Å². The van der Waals surface area contributed by atoms with Crippen LogP contribution in [0.2, 0.25) is 0 Å². The van der Waals surface area contributed by atoms with Crippen LogP contribution in [0.25, 0.3) is 0 Å². The number of hydrogen-bond acceptors (Lipinski definition) is 3. The summed E-state index contributed by atoms with van der Waals surface area (Å²) < 4.78 is 11.8. The third-order valence-corrected chi connectivity index (χ3v) is 3.83. The van der Waals surface area contributed by atoms with Gasteiger partial charge in [0.1, 0.15) is 6.61 Å².